The number of rotatable bonds is 0. The van der Waals surface area contributed by atoms with Gasteiger partial charge in [0.25, 0.3) is 0 Å². The average Bonchev–Trinajstić information content (AvgIpc) is 2.08. The van der Waals surface area contributed by atoms with E-state index in [-0.39, 0.29) is 5.31 Å². The molecule has 2 radical (unpaired) electrons. The molecule has 0 nitrogen and oxygen atoms in total. The standard InChI is InChI=1S/C14H23B/c1-10-8-11-6-5-7-13(2,3)12(11)9-14(10,4)15/h6,10,12H,5,7-9H2,1-4H3. The number of fused-ring (bicyclic) bond motifs is 1. The SMILES string of the molecule is [B]C1(C)CC2C(=CCCC2(C)C)CC1C. The Balaban J connectivity index is 2.28. The van der Waals surface area contributed by atoms with Crippen LogP contribution < -0.4 is 0 Å². The summed E-state index contributed by atoms with van der Waals surface area (Å²) in [6, 6.07) is 0. The van der Waals surface area contributed by atoms with Crippen LogP contribution in [0.2, 0.25) is 5.31 Å². The number of allylic oxidation sites excluding steroid dienone is 2. The van der Waals surface area contributed by atoms with Gasteiger partial charge in [-0.25, -0.2) is 0 Å². The van der Waals surface area contributed by atoms with E-state index in [1.165, 1.54) is 25.7 Å². The minimum Gasteiger partial charge on any atom is -0.0850 e. The van der Waals surface area contributed by atoms with Crippen molar-refractivity contribution in [3.8, 4) is 0 Å². The Morgan fingerprint density at radius 3 is 2.67 bits per heavy atom. The third-order valence-electron chi connectivity index (χ3n) is 4.90. The van der Waals surface area contributed by atoms with E-state index in [1.54, 1.807) is 5.57 Å². The molecule has 3 unspecified atom stereocenters. The highest BCUT2D eigenvalue weighted by Crippen LogP contribution is 2.56. The van der Waals surface area contributed by atoms with Crippen molar-refractivity contribution in [2.75, 3.05) is 0 Å². The van der Waals surface area contributed by atoms with E-state index in [4.69, 9.17) is 7.85 Å². The molecule has 1 fully saturated rings. The lowest BCUT2D eigenvalue weighted by molar-refractivity contribution is 0.140. The molecule has 2 aliphatic rings. The zero-order valence-electron chi connectivity index (χ0n) is 10.6. The van der Waals surface area contributed by atoms with Gasteiger partial charge in [-0.2, -0.15) is 0 Å². The molecular formula is C14H23B. The third-order valence-corrected chi connectivity index (χ3v) is 4.90. The van der Waals surface area contributed by atoms with Crippen LogP contribution in [0.15, 0.2) is 11.6 Å². The maximum atomic E-state index is 6.42. The van der Waals surface area contributed by atoms with Gasteiger partial charge in [-0.05, 0) is 42.9 Å². The van der Waals surface area contributed by atoms with Gasteiger partial charge in [-0.15, -0.1) is 0 Å². The first-order valence-corrected chi connectivity index (χ1v) is 6.31. The molecule has 1 saturated carbocycles. The van der Waals surface area contributed by atoms with Crippen molar-refractivity contribution in [1.82, 2.24) is 0 Å². The summed E-state index contributed by atoms with van der Waals surface area (Å²) in [7, 11) is 6.42. The summed E-state index contributed by atoms with van der Waals surface area (Å²) in [5.74, 6) is 1.37. The van der Waals surface area contributed by atoms with E-state index in [1.807, 2.05) is 0 Å². The molecule has 0 saturated heterocycles. The monoisotopic (exact) mass is 202 g/mol. The summed E-state index contributed by atoms with van der Waals surface area (Å²) in [4.78, 5) is 0. The quantitative estimate of drug-likeness (QED) is 0.409. The van der Waals surface area contributed by atoms with E-state index in [2.05, 4.69) is 33.8 Å². The van der Waals surface area contributed by atoms with Crippen LogP contribution in [0, 0.1) is 17.3 Å². The fourth-order valence-electron chi connectivity index (χ4n) is 3.31. The van der Waals surface area contributed by atoms with Crippen molar-refractivity contribution in [1.29, 1.82) is 0 Å². The van der Waals surface area contributed by atoms with Gasteiger partial charge in [0.2, 0.25) is 0 Å². The fourth-order valence-corrected chi connectivity index (χ4v) is 3.31. The van der Waals surface area contributed by atoms with Gasteiger partial charge in [0.1, 0.15) is 0 Å². The molecule has 0 N–H and O–H groups in total. The summed E-state index contributed by atoms with van der Waals surface area (Å²) < 4.78 is 0. The van der Waals surface area contributed by atoms with Crippen LogP contribution in [0.25, 0.3) is 0 Å². The Labute approximate surface area is 95.9 Å². The van der Waals surface area contributed by atoms with E-state index < -0.39 is 0 Å². The van der Waals surface area contributed by atoms with Gasteiger partial charge < -0.3 is 0 Å². The summed E-state index contributed by atoms with van der Waals surface area (Å²) >= 11 is 0. The van der Waals surface area contributed by atoms with Crippen molar-refractivity contribution in [2.45, 2.75) is 58.7 Å². The predicted molar refractivity (Wildman–Crippen MR) is 67.1 cm³/mol. The Morgan fingerprint density at radius 1 is 1.33 bits per heavy atom. The molecule has 82 valence electrons. The first kappa shape index (κ1) is 11.3. The van der Waals surface area contributed by atoms with Gasteiger partial charge in [-0.3, -0.25) is 0 Å². The molecule has 0 amide bonds. The Bertz CT molecular complexity index is 286. The van der Waals surface area contributed by atoms with Crippen LogP contribution in [-0.2, 0) is 0 Å². The van der Waals surface area contributed by atoms with Gasteiger partial charge in [-0.1, -0.05) is 44.7 Å². The lowest BCUT2D eigenvalue weighted by Crippen LogP contribution is -2.38. The molecule has 0 aliphatic heterocycles. The van der Waals surface area contributed by atoms with E-state index >= 15 is 0 Å². The lowest BCUT2D eigenvalue weighted by Gasteiger charge is -2.50. The fraction of sp³-hybridized carbons (Fsp3) is 0.857. The lowest BCUT2D eigenvalue weighted by atomic mass is 9.48. The smallest absolute Gasteiger partial charge is 0.0746 e. The second-order valence-electron chi connectivity index (χ2n) is 6.67. The topological polar surface area (TPSA) is 0 Å². The van der Waals surface area contributed by atoms with E-state index in [0.717, 1.165) is 5.92 Å². The van der Waals surface area contributed by atoms with Crippen molar-refractivity contribution < 1.29 is 0 Å². The average molecular weight is 202 g/mol. The van der Waals surface area contributed by atoms with Crippen LogP contribution in [-0.4, -0.2) is 7.85 Å². The second-order valence-corrected chi connectivity index (χ2v) is 6.67. The highest BCUT2D eigenvalue weighted by Gasteiger charge is 2.43. The van der Waals surface area contributed by atoms with Crippen LogP contribution in [0.4, 0.5) is 0 Å². The van der Waals surface area contributed by atoms with E-state index in [9.17, 15) is 0 Å². The molecule has 0 aromatic carbocycles. The van der Waals surface area contributed by atoms with Crippen LogP contribution in [0.5, 0.6) is 0 Å². The molecule has 3 atom stereocenters. The van der Waals surface area contributed by atoms with Gasteiger partial charge in [0, 0.05) is 0 Å². The molecule has 0 spiro atoms. The summed E-state index contributed by atoms with van der Waals surface area (Å²) in [5, 5.41) is 0.0383. The molecule has 15 heavy (non-hydrogen) atoms. The zero-order valence-corrected chi connectivity index (χ0v) is 10.6. The summed E-state index contributed by atoms with van der Waals surface area (Å²) in [6.45, 7) is 9.37. The minimum absolute atomic E-state index is 0.0383. The summed E-state index contributed by atoms with van der Waals surface area (Å²) in [6.07, 6.45) is 7.48. The van der Waals surface area contributed by atoms with Crippen molar-refractivity contribution in [3.05, 3.63) is 11.6 Å². The summed E-state index contributed by atoms with van der Waals surface area (Å²) in [5.41, 5.74) is 2.16. The minimum atomic E-state index is 0.0383. The number of hydrogen-bond donors (Lipinski definition) is 0. The van der Waals surface area contributed by atoms with Gasteiger partial charge in [0.15, 0.2) is 0 Å². The molecule has 0 bridgehead atoms. The predicted octanol–water partition coefficient (Wildman–Crippen LogP) is 4.13. The molecular weight excluding hydrogens is 179 g/mol. The highest BCUT2D eigenvalue weighted by atomic mass is 14.5. The van der Waals surface area contributed by atoms with Crippen LogP contribution in [0.3, 0.4) is 0 Å². The Hall–Kier alpha value is -0.195. The maximum Gasteiger partial charge on any atom is 0.0746 e. The molecule has 1 heteroatoms. The first-order valence-electron chi connectivity index (χ1n) is 6.31. The van der Waals surface area contributed by atoms with Crippen LogP contribution in [0.1, 0.15) is 53.4 Å². The molecule has 0 heterocycles. The highest BCUT2D eigenvalue weighted by molar-refractivity contribution is 6.15. The zero-order chi connectivity index (χ0) is 11.3. The Kier molecular flexibility index (Phi) is 2.56. The van der Waals surface area contributed by atoms with E-state index in [0.29, 0.717) is 11.3 Å². The van der Waals surface area contributed by atoms with Crippen LogP contribution >= 0.6 is 0 Å². The van der Waals surface area contributed by atoms with Crippen molar-refractivity contribution in [2.24, 2.45) is 17.3 Å². The normalized spacial score (nSPS) is 44.4. The molecule has 2 aliphatic carbocycles. The third kappa shape index (κ3) is 1.90. The van der Waals surface area contributed by atoms with Crippen molar-refractivity contribution in [3.63, 3.8) is 0 Å². The van der Waals surface area contributed by atoms with Gasteiger partial charge in [0.05, 0.1) is 7.85 Å². The second kappa shape index (κ2) is 3.40. The largest absolute Gasteiger partial charge is 0.0850 e. The molecule has 0 aromatic rings. The Morgan fingerprint density at radius 2 is 2.00 bits per heavy atom. The molecule has 0 aromatic heterocycles. The van der Waals surface area contributed by atoms with Gasteiger partial charge >= 0.3 is 0 Å². The number of hydrogen-bond acceptors (Lipinski definition) is 0. The maximum absolute atomic E-state index is 6.42. The van der Waals surface area contributed by atoms with Crippen molar-refractivity contribution >= 4 is 7.85 Å². The molecule has 2 rings (SSSR count). The first-order chi connectivity index (χ1) is 6.83.